The number of aryl methyl sites for hydroxylation is 2. The SMILES string of the molecule is Cc1ccc(CC(NC(=O)COCCOCCNC(=O)COCCOCCNC(=O)[C@H](CO)NC(=O)[C@H](CC(=O)O)NC(=O)[C@@H](CCCCNC(=O)CCN2C(=O)C=CC2=O)NC(=O)CCCc2c[nH]c3ccccc23)C(N)=O)cc1O. The number of aliphatic hydroxyl groups is 1. The van der Waals surface area contributed by atoms with Gasteiger partial charge in [-0.3, -0.25) is 57.6 Å². The van der Waals surface area contributed by atoms with E-state index in [0.29, 0.717) is 30.4 Å². The van der Waals surface area contributed by atoms with Crippen molar-refractivity contribution in [1.82, 2.24) is 47.1 Å². The number of phenols is 1. The summed E-state index contributed by atoms with van der Waals surface area (Å²) in [5.74, 6) is -8.03. The van der Waals surface area contributed by atoms with Gasteiger partial charge in [0.25, 0.3) is 11.8 Å². The Morgan fingerprint density at radius 3 is 1.94 bits per heavy atom. The zero-order valence-electron chi connectivity index (χ0n) is 45.6. The summed E-state index contributed by atoms with van der Waals surface area (Å²) in [7, 11) is 0. The van der Waals surface area contributed by atoms with E-state index in [4.69, 9.17) is 24.7 Å². The van der Waals surface area contributed by atoms with Crippen LogP contribution in [-0.4, -0.2) is 200 Å². The number of carbonyl (C=O) groups is 11. The zero-order chi connectivity index (χ0) is 59.8. The predicted molar refractivity (Wildman–Crippen MR) is 291 cm³/mol. The van der Waals surface area contributed by atoms with Crippen LogP contribution in [0.4, 0.5) is 0 Å². The number of aromatic amines is 1. The molecule has 4 atom stereocenters. The number of unbranched alkanes of at least 4 members (excludes halogenated alkanes) is 1. The molecular weight excluding hydrogens is 1080 g/mol. The van der Waals surface area contributed by atoms with Gasteiger partial charge in [-0.1, -0.05) is 30.3 Å². The van der Waals surface area contributed by atoms with E-state index < -0.39 is 102 Å². The molecule has 0 saturated carbocycles. The van der Waals surface area contributed by atoms with Crippen LogP contribution in [0.25, 0.3) is 10.9 Å². The van der Waals surface area contributed by atoms with E-state index in [9.17, 15) is 68.1 Å². The van der Waals surface area contributed by atoms with E-state index in [1.807, 2.05) is 30.5 Å². The van der Waals surface area contributed by atoms with Gasteiger partial charge in [0.2, 0.25) is 47.3 Å². The van der Waals surface area contributed by atoms with E-state index in [0.717, 1.165) is 33.5 Å². The molecule has 4 rings (SSSR count). The van der Waals surface area contributed by atoms with E-state index >= 15 is 0 Å². The number of ether oxygens (including phenoxy) is 4. The van der Waals surface area contributed by atoms with Crippen LogP contribution >= 0.6 is 0 Å². The monoisotopic (exact) mass is 1150 g/mol. The number of H-pyrrole nitrogens is 1. The van der Waals surface area contributed by atoms with Gasteiger partial charge >= 0.3 is 5.97 Å². The van der Waals surface area contributed by atoms with Crippen LogP contribution in [0.2, 0.25) is 0 Å². The Morgan fingerprint density at radius 2 is 1.27 bits per heavy atom. The first-order chi connectivity index (χ1) is 39.3. The Kier molecular flexibility index (Phi) is 29.2. The summed E-state index contributed by atoms with van der Waals surface area (Å²) >= 11 is 0. The number of aliphatic carboxylic acids is 1. The van der Waals surface area contributed by atoms with Crippen molar-refractivity contribution < 1.29 is 87.0 Å². The quantitative estimate of drug-likeness (QED) is 0.0207. The van der Waals surface area contributed by atoms with Gasteiger partial charge < -0.3 is 82.2 Å². The van der Waals surface area contributed by atoms with Crippen LogP contribution in [0, 0.1) is 6.92 Å². The normalized spacial score (nSPS) is 13.4. The number of primary amides is 1. The van der Waals surface area contributed by atoms with Crippen LogP contribution in [0.5, 0.6) is 5.75 Å². The average molecular weight is 1150 g/mol. The van der Waals surface area contributed by atoms with E-state index in [1.165, 1.54) is 6.07 Å². The third-order valence-corrected chi connectivity index (χ3v) is 12.4. The highest BCUT2D eigenvalue weighted by atomic mass is 16.5. The Labute approximate surface area is 472 Å². The van der Waals surface area contributed by atoms with Gasteiger partial charge in [-0.25, -0.2) is 0 Å². The number of para-hydroxylation sites is 1. The van der Waals surface area contributed by atoms with Crippen LogP contribution in [0.1, 0.15) is 61.6 Å². The molecule has 13 N–H and O–H groups in total. The maximum absolute atomic E-state index is 13.7. The topological polar surface area (TPSA) is 415 Å². The standard InChI is InChI=1S/C54H74N10O18/c1-34-12-13-35(28-43(34)66)27-40(51(55)75)61-47(70)33-82-26-24-79-21-18-57-46(69)32-81-25-23-80-22-19-58-52(76)42(31-65)63-54(78)41(29-50(73)74)62-53(77)39(10-4-5-17-56-44(67)16-20-64-48(71)14-15-49(64)72)60-45(68)11-6-7-36-30-59-38-9-3-2-8-37(36)38/h2-3,8-9,12-15,28,30,39-42,59,65-66H,4-7,10-11,16-27,29,31-33H2,1H3,(H2,55,75)(H,56,67)(H,57,69)(H,58,76)(H,60,68)(H,61,70)(H,62,77)(H,63,78)(H,73,74)/t39-,40?,41+,42+/m1/s1. The highest BCUT2D eigenvalue weighted by Crippen LogP contribution is 2.20. The summed E-state index contributed by atoms with van der Waals surface area (Å²) < 4.78 is 21.3. The molecule has 448 valence electrons. The van der Waals surface area contributed by atoms with Crippen molar-refractivity contribution in [3.8, 4) is 5.75 Å². The number of rotatable bonds is 41. The smallest absolute Gasteiger partial charge is 0.305 e. The second-order valence-electron chi connectivity index (χ2n) is 18.8. The number of fused-ring (bicyclic) bond motifs is 1. The summed E-state index contributed by atoms with van der Waals surface area (Å²) in [6.07, 6.45) is 4.65. The number of aliphatic hydroxyl groups excluding tert-OH is 1. The van der Waals surface area contributed by atoms with Crippen LogP contribution in [0.15, 0.2) is 60.8 Å². The second-order valence-corrected chi connectivity index (χ2v) is 18.8. The molecule has 1 aromatic heterocycles. The van der Waals surface area contributed by atoms with Gasteiger partial charge in [-0.15, -0.1) is 0 Å². The number of aromatic hydroxyl groups is 1. The number of aromatic nitrogens is 1. The summed E-state index contributed by atoms with van der Waals surface area (Å²) in [5.41, 5.74) is 8.62. The minimum atomic E-state index is -1.75. The van der Waals surface area contributed by atoms with Gasteiger partial charge in [0.15, 0.2) is 0 Å². The summed E-state index contributed by atoms with van der Waals surface area (Å²) in [6.45, 7) is 0.512. The maximum atomic E-state index is 13.7. The molecule has 82 heavy (non-hydrogen) atoms. The van der Waals surface area contributed by atoms with Crippen molar-refractivity contribution in [3.63, 3.8) is 0 Å². The molecule has 1 aliphatic rings. The fraction of sp³-hybridized carbons (Fsp3) is 0.500. The Bertz CT molecular complexity index is 2680. The first-order valence-electron chi connectivity index (χ1n) is 26.7. The minimum absolute atomic E-state index is 0.00232. The van der Waals surface area contributed by atoms with Crippen LogP contribution < -0.4 is 43.0 Å². The number of nitrogens with zero attached hydrogens (tertiary/aromatic N) is 1. The number of imide groups is 1. The van der Waals surface area contributed by atoms with E-state index in [-0.39, 0.29) is 117 Å². The molecule has 0 saturated heterocycles. The van der Waals surface area contributed by atoms with Crippen LogP contribution in [0.3, 0.4) is 0 Å². The highest BCUT2D eigenvalue weighted by Gasteiger charge is 2.31. The summed E-state index contributed by atoms with van der Waals surface area (Å²) in [6, 6.07) is 6.95. The summed E-state index contributed by atoms with van der Waals surface area (Å²) in [5, 5.41) is 48.1. The maximum Gasteiger partial charge on any atom is 0.305 e. The van der Waals surface area contributed by atoms with Gasteiger partial charge in [0, 0.05) is 74.7 Å². The Hall–Kier alpha value is -8.31. The van der Waals surface area contributed by atoms with Gasteiger partial charge in [-0.2, -0.15) is 0 Å². The second kappa shape index (κ2) is 36.1. The third-order valence-electron chi connectivity index (χ3n) is 12.4. The molecule has 1 aliphatic heterocycles. The Morgan fingerprint density at radius 1 is 0.646 bits per heavy atom. The molecule has 2 aromatic carbocycles. The predicted octanol–water partition coefficient (Wildman–Crippen LogP) is -2.46. The van der Waals surface area contributed by atoms with E-state index in [2.05, 4.69) is 42.2 Å². The number of carbonyl (C=O) groups excluding carboxylic acids is 10. The van der Waals surface area contributed by atoms with Crippen molar-refractivity contribution >= 4 is 75.9 Å². The number of nitrogens with two attached hydrogens (primary N) is 1. The highest BCUT2D eigenvalue weighted by molar-refractivity contribution is 6.13. The number of hydrogen-bond donors (Lipinski definition) is 12. The third kappa shape index (κ3) is 24.6. The number of hydrogen-bond acceptors (Lipinski definition) is 17. The lowest BCUT2D eigenvalue weighted by atomic mass is 10.0. The van der Waals surface area contributed by atoms with Crippen LogP contribution in [-0.2, 0) is 84.5 Å². The van der Waals surface area contributed by atoms with E-state index in [1.54, 1.807) is 19.1 Å². The molecule has 0 fully saturated rings. The van der Waals surface area contributed by atoms with Gasteiger partial charge in [0.1, 0.15) is 43.1 Å². The molecule has 2 heterocycles. The molecule has 28 nitrogen and oxygen atoms in total. The van der Waals surface area contributed by atoms with Crippen molar-refractivity contribution in [2.75, 3.05) is 85.6 Å². The number of benzene rings is 2. The molecular formula is C54H74N10O18. The van der Waals surface area contributed by atoms with Crippen molar-refractivity contribution in [3.05, 3.63) is 77.5 Å². The molecule has 0 bridgehead atoms. The first-order valence-corrected chi connectivity index (χ1v) is 26.7. The largest absolute Gasteiger partial charge is 0.508 e. The summed E-state index contributed by atoms with van der Waals surface area (Å²) in [4.78, 5) is 142. The Balaban J connectivity index is 1.11. The number of amides is 10. The molecule has 1 unspecified atom stereocenters. The minimum Gasteiger partial charge on any atom is -0.508 e. The number of carboxylic acids is 1. The molecule has 10 amide bonds. The molecule has 0 radical (unpaired) electrons. The number of carboxylic acid groups (broad SMARTS) is 1. The lowest BCUT2D eigenvalue weighted by Gasteiger charge is -2.24. The zero-order valence-corrected chi connectivity index (χ0v) is 45.6. The fourth-order valence-electron chi connectivity index (χ4n) is 8.02. The molecule has 28 heteroatoms. The lowest BCUT2D eigenvalue weighted by Crippen LogP contribution is -2.58. The van der Waals surface area contributed by atoms with Crippen molar-refractivity contribution in [2.24, 2.45) is 5.73 Å². The van der Waals surface area contributed by atoms with Gasteiger partial charge in [0.05, 0.1) is 52.7 Å². The van der Waals surface area contributed by atoms with Crippen molar-refractivity contribution in [1.29, 1.82) is 0 Å². The van der Waals surface area contributed by atoms with Crippen molar-refractivity contribution in [2.45, 2.75) is 88.9 Å². The first kappa shape index (κ1) is 66.2. The molecule has 3 aromatic rings. The molecule has 0 aliphatic carbocycles. The average Bonchev–Trinajstić information content (AvgIpc) is 4.17. The molecule has 0 spiro atoms. The number of nitrogens with one attached hydrogen (secondary N) is 8. The lowest BCUT2D eigenvalue weighted by molar-refractivity contribution is -0.141. The number of phenolic OH excluding ortho intramolecular Hbond substituents is 1. The van der Waals surface area contributed by atoms with Gasteiger partial charge in [-0.05, 0) is 67.9 Å². The fourth-order valence-corrected chi connectivity index (χ4v) is 8.02.